The first-order valence-corrected chi connectivity index (χ1v) is 7.90. The fraction of sp³-hybridized carbons (Fsp3) is 0.812. The molecule has 0 aliphatic heterocycles. The third-order valence-electron chi connectivity index (χ3n) is 4.78. The molecule has 0 aromatic carbocycles. The first-order chi connectivity index (χ1) is 9.26. The van der Waals surface area contributed by atoms with E-state index in [1.54, 1.807) is 0 Å². The van der Waals surface area contributed by atoms with E-state index in [4.69, 9.17) is 0 Å². The Labute approximate surface area is 117 Å². The number of aryl methyl sites for hydroxylation is 1. The summed E-state index contributed by atoms with van der Waals surface area (Å²) in [5, 5.41) is 3.49. The van der Waals surface area contributed by atoms with Crippen LogP contribution in [-0.4, -0.2) is 16.6 Å². The summed E-state index contributed by atoms with van der Waals surface area (Å²) < 4.78 is 2.16. The van der Waals surface area contributed by atoms with E-state index in [0.29, 0.717) is 6.04 Å². The monoisotopic (exact) mass is 263 g/mol. The summed E-state index contributed by atoms with van der Waals surface area (Å²) in [6, 6.07) is 0.423. The molecule has 0 spiro atoms. The van der Waals surface area contributed by atoms with Crippen LogP contribution in [0.4, 0.5) is 0 Å². The number of nitrogens with zero attached hydrogens (tertiary/aromatic N) is 2. The molecule has 1 aliphatic rings. The highest BCUT2D eigenvalue weighted by molar-refractivity contribution is 5.01. The van der Waals surface area contributed by atoms with Crippen LogP contribution in [0.3, 0.4) is 0 Å². The molecule has 1 aliphatic carbocycles. The normalized spacial score (nSPS) is 25.4. The summed E-state index contributed by atoms with van der Waals surface area (Å²) in [5.41, 5.74) is 0. The third-order valence-corrected chi connectivity index (χ3v) is 4.78. The molecule has 1 saturated carbocycles. The van der Waals surface area contributed by atoms with Crippen molar-refractivity contribution in [3.63, 3.8) is 0 Å². The minimum Gasteiger partial charge on any atom is -0.337 e. The van der Waals surface area contributed by atoms with Crippen molar-refractivity contribution in [1.29, 1.82) is 0 Å². The molecule has 3 nitrogen and oxygen atoms in total. The smallest absolute Gasteiger partial charge is 0.125 e. The first-order valence-electron chi connectivity index (χ1n) is 7.90. The number of hydrogen-bond acceptors (Lipinski definition) is 2. The molecule has 1 fully saturated rings. The molecule has 1 atom stereocenters. The predicted molar refractivity (Wildman–Crippen MR) is 80.0 cm³/mol. The standard InChI is InChI=1S/C16H29N3/c1-4-5-6-13-7-9-14(10-8-13)15(17-2)16-18-11-12-19(16)3/h11-15,17H,4-10H2,1-3H3. The Morgan fingerprint density at radius 3 is 2.63 bits per heavy atom. The predicted octanol–water partition coefficient (Wildman–Crippen LogP) is 3.68. The van der Waals surface area contributed by atoms with Gasteiger partial charge in [0.25, 0.3) is 0 Å². The SMILES string of the molecule is CCCCC1CCC(C(NC)c2nccn2C)CC1. The van der Waals surface area contributed by atoms with Crippen molar-refractivity contribution in [3.05, 3.63) is 18.2 Å². The lowest BCUT2D eigenvalue weighted by atomic mass is 9.76. The van der Waals surface area contributed by atoms with Crippen molar-refractivity contribution in [2.45, 2.75) is 57.9 Å². The van der Waals surface area contributed by atoms with Crippen LogP contribution in [-0.2, 0) is 7.05 Å². The molecule has 1 N–H and O–H groups in total. The van der Waals surface area contributed by atoms with E-state index in [1.165, 1.54) is 50.8 Å². The Morgan fingerprint density at radius 2 is 2.11 bits per heavy atom. The fourth-order valence-electron chi connectivity index (χ4n) is 3.56. The van der Waals surface area contributed by atoms with E-state index in [1.807, 2.05) is 12.4 Å². The molecule has 1 heterocycles. The van der Waals surface area contributed by atoms with Gasteiger partial charge < -0.3 is 9.88 Å². The van der Waals surface area contributed by atoms with Gasteiger partial charge in [0.15, 0.2) is 0 Å². The highest BCUT2D eigenvalue weighted by Gasteiger charge is 2.29. The molecule has 2 rings (SSSR count). The molecule has 1 aromatic heterocycles. The molecule has 0 bridgehead atoms. The van der Waals surface area contributed by atoms with E-state index in [2.05, 4.69) is 35.9 Å². The number of hydrogen-bond donors (Lipinski definition) is 1. The van der Waals surface area contributed by atoms with Crippen molar-refractivity contribution in [3.8, 4) is 0 Å². The molecule has 108 valence electrons. The molecule has 0 saturated heterocycles. The zero-order valence-electron chi connectivity index (χ0n) is 12.7. The summed E-state index contributed by atoms with van der Waals surface area (Å²) in [7, 11) is 4.17. The molecule has 1 unspecified atom stereocenters. The average Bonchev–Trinajstić information content (AvgIpc) is 2.85. The van der Waals surface area contributed by atoms with Crippen molar-refractivity contribution < 1.29 is 0 Å². The van der Waals surface area contributed by atoms with Crippen molar-refractivity contribution in [2.24, 2.45) is 18.9 Å². The van der Waals surface area contributed by atoms with Gasteiger partial charge in [-0.25, -0.2) is 4.98 Å². The lowest BCUT2D eigenvalue weighted by Gasteiger charge is -2.33. The van der Waals surface area contributed by atoms with Crippen molar-refractivity contribution in [2.75, 3.05) is 7.05 Å². The van der Waals surface area contributed by atoms with Gasteiger partial charge in [0.2, 0.25) is 0 Å². The maximum Gasteiger partial charge on any atom is 0.125 e. The number of rotatable bonds is 6. The molecular weight excluding hydrogens is 234 g/mol. The number of imidazole rings is 1. The van der Waals surface area contributed by atoms with Gasteiger partial charge in [0.1, 0.15) is 5.82 Å². The minimum atomic E-state index is 0.423. The maximum absolute atomic E-state index is 4.53. The number of aromatic nitrogens is 2. The Balaban J connectivity index is 1.90. The second-order valence-corrected chi connectivity index (χ2v) is 6.09. The Bertz CT molecular complexity index is 364. The molecule has 3 heteroatoms. The van der Waals surface area contributed by atoms with E-state index >= 15 is 0 Å². The highest BCUT2D eigenvalue weighted by atomic mass is 15.1. The van der Waals surface area contributed by atoms with Gasteiger partial charge in [0, 0.05) is 19.4 Å². The third kappa shape index (κ3) is 3.59. The van der Waals surface area contributed by atoms with Gasteiger partial charge >= 0.3 is 0 Å². The molecule has 1 aromatic rings. The van der Waals surface area contributed by atoms with Crippen LogP contribution in [0.15, 0.2) is 12.4 Å². The first kappa shape index (κ1) is 14.6. The summed E-state index contributed by atoms with van der Waals surface area (Å²) in [6.45, 7) is 2.30. The fourth-order valence-corrected chi connectivity index (χ4v) is 3.56. The number of unbranched alkanes of at least 4 members (excludes halogenated alkanes) is 1. The zero-order valence-corrected chi connectivity index (χ0v) is 12.7. The van der Waals surface area contributed by atoms with Gasteiger partial charge in [-0.15, -0.1) is 0 Å². The van der Waals surface area contributed by atoms with Crippen LogP contribution >= 0.6 is 0 Å². The van der Waals surface area contributed by atoms with Crippen LogP contribution in [0, 0.1) is 11.8 Å². The quantitative estimate of drug-likeness (QED) is 0.848. The topological polar surface area (TPSA) is 29.9 Å². The van der Waals surface area contributed by atoms with Gasteiger partial charge in [-0.1, -0.05) is 39.0 Å². The maximum atomic E-state index is 4.53. The summed E-state index contributed by atoms with van der Waals surface area (Å²) in [6.07, 6.45) is 13.7. The van der Waals surface area contributed by atoms with Crippen LogP contribution < -0.4 is 5.32 Å². The zero-order chi connectivity index (χ0) is 13.7. The van der Waals surface area contributed by atoms with E-state index in [-0.39, 0.29) is 0 Å². The van der Waals surface area contributed by atoms with E-state index < -0.39 is 0 Å². The summed E-state index contributed by atoms with van der Waals surface area (Å²) >= 11 is 0. The van der Waals surface area contributed by atoms with E-state index in [0.717, 1.165) is 11.8 Å². The Morgan fingerprint density at radius 1 is 1.37 bits per heavy atom. The summed E-state index contributed by atoms with van der Waals surface area (Å²) in [4.78, 5) is 4.53. The van der Waals surface area contributed by atoms with Crippen molar-refractivity contribution in [1.82, 2.24) is 14.9 Å². The Hall–Kier alpha value is -0.830. The molecular formula is C16H29N3. The van der Waals surface area contributed by atoms with Gasteiger partial charge in [-0.05, 0) is 31.7 Å². The summed E-state index contributed by atoms with van der Waals surface area (Å²) in [5.74, 6) is 2.93. The average molecular weight is 263 g/mol. The van der Waals surface area contributed by atoms with Crippen LogP contribution in [0.5, 0.6) is 0 Å². The van der Waals surface area contributed by atoms with Crippen LogP contribution in [0.1, 0.15) is 63.7 Å². The molecule has 0 amide bonds. The minimum absolute atomic E-state index is 0.423. The van der Waals surface area contributed by atoms with Crippen molar-refractivity contribution >= 4 is 0 Å². The largest absolute Gasteiger partial charge is 0.337 e. The van der Waals surface area contributed by atoms with E-state index in [9.17, 15) is 0 Å². The molecule has 0 radical (unpaired) electrons. The van der Waals surface area contributed by atoms with Gasteiger partial charge in [0.05, 0.1) is 6.04 Å². The second-order valence-electron chi connectivity index (χ2n) is 6.09. The second kappa shape index (κ2) is 7.09. The highest BCUT2D eigenvalue weighted by Crippen LogP contribution is 2.37. The van der Waals surface area contributed by atoms with Gasteiger partial charge in [-0.2, -0.15) is 0 Å². The van der Waals surface area contributed by atoms with Gasteiger partial charge in [-0.3, -0.25) is 0 Å². The number of nitrogens with one attached hydrogen (secondary N) is 1. The molecule has 19 heavy (non-hydrogen) atoms. The lowest BCUT2D eigenvalue weighted by molar-refractivity contribution is 0.212. The van der Waals surface area contributed by atoms with Crippen LogP contribution in [0.2, 0.25) is 0 Å². The Kier molecular flexibility index (Phi) is 5.44. The van der Waals surface area contributed by atoms with Crippen LogP contribution in [0.25, 0.3) is 0 Å². The lowest BCUT2D eigenvalue weighted by Crippen LogP contribution is -2.30.